The molecule has 2 saturated heterocycles. The van der Waals surface area contributed by atoms with E-state index < -0.39 is 12.1 Å². The average Bonchev–Trinajstić information content (AvgIpc) is 3.30. The molecule has 0 unspecified atom stereocenters. The molecule has 3 rings (SSSR count). The third-order valence-electron chi connectivity index (χ3n) is 4.73. The van der Waals surface area contributed by atoms with Gasteiger partial charge in [-0.1, -0.05) is 0 Å². The van der Waals surface area contributed by atoms with Gasteiger partial charge in [0.1, 0.15) is 0 Å². The van der Waals surface area contributed by atoms with Crippen molar-refractivity contribution >= 4 is 23.2 Å². The Balaban J connectivity index is 0.000000396. The van der Waals surface area contributed by atoms with Gasteiger partial charge >= 0.3 is 12.1 Å². The molecule has 12 heteroatoms. The monoisotopic (exact) mass is 453 g/mol. The lowest BCUT2D eigenvalue weighted by Gasteiger charge is -2.18. The van der Waals surface area contributed by atoms with E-state index >= 15 is 0 Å². The molecule has 1 aromatic rings. The Bertz CT molecular complexity index is 701. The fourth-order valence-electron chi connectivity index (χ4n) is 3.49. The molecular weight excluding hydrogens is 427 g/mol. The van der Waals surface area contributed by atoms with Gasteiger partial charge in [0.15, 0.2) is 0 Å². The Hall–Kier alpha value is -1.76. The van der Waals surface area contributed by atoms with Crippen LogP contribution in [0.5, 0.6) is 0 Å². The van der Waals surface area contributed by atoms with Gasteiger partial charge in [-0.05, 0) is 13.3 Å². The Kier molecular flexibility index (Phi) is 9.01. The lowest BCUT2D eigenvalue weighted by molar-refractivity contribution is -0.192. The summed E-state index contributed by atoms with van der Waals surface area (Å²) in [5.74, 6) is -2.15. The number of halogens is 3. The van der Waals surface area contributed by atoms with E-state index in [0.717, 1.165) is 36.8 Å². The molecule has 2 aliphatic rings. The minimum Gasteiger partial charge on any atom is -0.475 e. The number of aliphatic carboxylic acids is 1. The van der Waals surface area contributed by atoms with Crippen molar-refractivity contribution in [3.8, 4) is 0 Å². The fraction of sp³-hybridized carbons (Fsp3) is 0.722. The molecular formula is C18H26F3N3O5S. The molecule has 0 aromatic carbocycles. The van der Waals surface area contributed by atoms with Gasteiger partial charge in [0.05, 0.1) is 35.9 Å². The molecule has 0 radical (unpaired) electrons. The van der Waals surface area contributed by atoms with Crippen LogP contribution in [0.25, 0.3) is 0 Å². The van der Waals surface area contributed by atoms with Crippen LogP contribution in [0.4, 0.5) is 13.2 Å². The molecule has 2 fully saturated rings. The number of alkyl halides is 3. The van der Waals surface area contributed by atoms with Crippen molar-refractivity contribution in [3.05, 3.63) is 16.1 Å². The van der Waals surface area contributed by atoms with Crippen molar-refractivity contribution in [1.29, 1.82) is 0 Å². The predicted molar refractivity (Wildman–Crippen MR) is 102 cm³/mol. The first-order valence-corrected chi connectivity index (χ1v) is 10.3. The van der Waals surface area contributed by atoms with Gasteiger partial charge in [0.2, 0.25) is 5.91 Å². The Morgan fingerprint density at radius 1 is 1.43 bits per heavy atom. The van der Waals surface area contributed by atoms with Crippen molar-refractivity contribution in [1.82, 2.24) is 15.2 Å². The Labute approximate surface area is 176 Å². The molecule has 0 aliphatic carbocycles. The zero-order valence-electron chi connectivity index (χ0n) is 16.8. The number of aryl methyl sites for hydroxylation is 1. The topological polar surface area (TPSA) is 101 Å². The summed E-state index contributed by atoms with van der Waals surface area (Å²) >= 11 is 1.70. The number of amides is 1. The van der Waals surface area contributed by atoms with Crippen LogP contribution in [-0.2, 0) is 25.6 Å². The quantitative estimate of drug-likeness (QED) is 0.608. The largest absolute Gasteiger partial charge is 0.490 e. The lowest BCUT2D eigenvalue weighted by atomic mass is 10.0. The maximum Gasteiger partial charge on any atom is 0.490 e. The minimum atomic E-state index is -5.08. The number of carboxylic acids is 1. The molecule has 0 saturated carbocycles. The molecule has 3 atom stereocenters. The van der Waals surface area contributed by atoms with E-state index in [4.69, 9.17) is 19.4 Å². The van der Waals surface area contributed by atoms with Gasteiger partial charge in [-0.3, -0.25) is 9.69 Å². The molecule has 0 bridgehead atoms. The highest BCUT2D eigenvalue weighted by molar-refractivity contribution is 7.09. The summed E-state index contributed by atoms with van der Waals surface area (Å²) in [6, 6.07) is 0. The SMILES string of the molecule is COCCNC(=O)C[C@H]1C[C@H]2CN(Cc3csc(C)n3)C[C@H]2O1.O=C(O)C(F)(F)F. The number of ether oxygens (including phenoxy) is 2. The van der Waals surface area contributed by atoms with Crippen LogP contribution in [0.3, 0.4) is 0 Å². The van der Waals surface area contributed by atoms with Gasteiger partial charge in [-0.25, -0.2) is 9.78 Å². The molecule has 170 valence electrons. The van der Waals surface area contributed by atoms with Gasteiger partial charge in [0.25, 0.3) is 0 Å². The summed E-state index contributed by atoms with van der Waals surface area (Å²) < 4.78 is 42.7. The number of carboxylic acid groups (broad SMARTS) is 1. The molecule has 2 aliphatic heterocycles. The van der Waals surface area contributed by atoms with Crippen LogP contribution >= 0.6 is 11.3 Å². The zero-order valence-corrected chi connectivity index (χ0v) is 17.6. The molecule has 2 N–H and O–H groups in total. The van der Waals surface area contributed by atoms with E-state index in [1.807, 2.05) is 6.92 Å². The van der Waals surface area contributed by atoms with Crippen LogP contribution < -0.4 is 5.32 Å². The van der Waals surface area contributed by atoms with Gasteiger partial charge in [-0.2, -0.15) is 13.2 Å². The lowest BCUT2D eigenvalue weighted by Crippen LogP contribution is -2.31. The first-order valence-electron chi connectivity index (χ1n) is 9.43. The number of nitrogens with zero attached hydrogens (tertiary/aromatic N) is 2. The summed E-state index contributed by atoms with van der Waals surface area (Å²) in [5.41, 5.74) is 1.15. The van der Waals surface area contributed by atoms with E-state index in [9.17, 15) is 18.0 Å². The number of aromatic nitrogens is 1. The van der Waals surface area contributed by atoms with Crippen molar-refractivity contribution < 1.29 is 37.3 Å². The number of rotatable bonds is 7. The summed E-state index contributed by atoms with van der Waals surface area (Å²) in [6.45, 7) is 6.05. The number of fused-ring (bicyclic) bond motifs is 1. The average molecular weight is 453 g/mol. The van der Waals surface area contributed by atoms with E-state index in [1.165, 1.54) is 0 Å². The van der Waals surface area contributed by atoms with Crippen LogP contribution in [0, 0.1) is 12.8 Å². The van der Waals surface area contributed by atoms with Crippen molar-refractivity contribution in [2.45, 2.75) is 44.7 Å². The molecule has 0 spiro atoms. The van der Waals surface area contributed by atoms with Crippen molar-refractivity contribution in [2.75, 3.05) is 33.4 Å². The highest BCUT2D eigenvalue weighted by Gasteiger charge is 2.42. The highest BCUT2D eigenvalue weighted by Crippen LogP contribution is 2.34. The summed E-state index contributed by atoms with van der Waals surface area (Å²) in [7, 11) is 1.63. The van der Waals surface area contributed by atoms with E-state index in [0.29, 0.717) is 25.5 Å². The van der Waals surface area contributed by atoms with Gasteiger partial charge in [-0.15, -0.1) is 11.3 Å². The highest BCUT2D eigenvalue weighted by atomic mass is 32.1. The summed E-state index contributed by atoms with van der Waals surface area (Å²) in [4.78, 5) is 27.7. The number of thiazole rings is 1. The minimum absolute atomic E-state index is 0.0572. The first-order chi connectivity index (χ1) is 14.1. The number of carbonyl (C=O) groups is 2. The van der Waals surface area contributed by atoms with E-state index in [2.05, 4.69) is 20.6 Å². The van der Waals surface area contributed by atoms with E-state index in [-0.39, 0.29) is 18.1 Å². The van der Waals surface area contributed by atoms with Crippen LogP contribution in [0.1, 0.15) is 23.5 Å². The number of methoxy groups -OCH3 is 1. The Morgan fingerprint density at radius 3 is 2.67 bits per heavy atom. The van der Waals surface area contributed by atoms with Crippen LogP contribution in [0.2, 0.25) is 0 Å². The number of hydrogen-bond acceptors (Lipinski definition) is 7. The predicted octanol–water partition coefficient (Wildman–Crippen LogP) is 1.83. The van der Waals surface area contributed by atoms with Crippen LogP contribution in [-0.4, -0.2) is 78.6 Å². The van der Waals surface area contributed by atoms with Crippen molar-refractivity contribution in [3.63, 3.8) is 0 Å². The maximum absolute atomic E-state index is 11.8. The standard InChI is InChI=1S/C16H25N3O3S.C2HF3O2/c1-11-18-13(10-23-11)8-19-7-12-5-14(22-15(12)9-19)6-16(20)17-3-4-21-2;3-2(4,5)1(6)7/h10,12,14-15H,3-9H2,1-2H3,(H,17,20);(H,6,7)/t12-,14+,15+;/m0./s1. The normalized spacial score (nSPS) is 23.6. The molecule has 1 amide bonds. The second-order valence-corrected chi connectivity index (χ2v) is 8.26. The zero-order chi connectivity index (χ0) is 22.3. The molecule has 3 heterocycles. The summed E-state index contributed by atoms with van der Waals surface area (Å²) in [5, 5.41) is 13.2. The number of likely N-dealkylation sites (tertiary alicyclic amines) is 1. The number of nitrogens with one attached hydrogen (secondary N) is 1. The summed E-state index contributed by atoms with van der Waals surface area (Å²) in [6.07, 6.45) is -3.31. The molecule has 8 nitrogen and oxygen atoms in total. The van der Waals surface area contributed by atoms with Gasteiger partial charge in [0, 0.05) is 44.6 Å². The second kappa shape index (κ2) is 11.0. The first kappa shape index (κ1) is 24.5. The molecule has 30 heavy (non-hydrogen) atoms. The maximum atomic E-state index is 11.8. The number of carbonyl (C=O) groups excluding carboxylic acids is 1. The Morgan fingerprint density at radius 2 is 2.13 bits per heavy atom. The van der Waals surface area contributed by atoms with Crippen molar-refractivity contribution in [2.24, 2.45) is 5.92 Å². The third kappa shape index (κ3) is 7.82. The third-order valence-corrected chi connectivity index (χ3v) is 5.55. The molecule has 1 aromatic heterocycles. The second-order valence-electron chi connectivity index (χ2n) is 7.19. The smallest absolute Gasteiger partial charge is 0.475 e. The van der Waals surface area contributed by atoms with E-state index in [1.54, 1.807) is 18.4 Å². The number of hydrogen-bond donors (Lipinski definition) is 2. The fourth-order valence-corrected chi connectivity index (χ4v) is 4.09. The van der Waals surface area contributed by atoms with Crippen LogP contribution in [0.15, 0.2) is 5.38 Å². The van der Waals surface area contributed by atoms with Gasteiger partial charge < -0.3 is 19.9 Å².